The van der Waals surface area contributed by atoms with Gasteiger partial charge in [-0.3, -0.25) is 4.79 Å². The Hall–Kier alpha value is -3.09. The van der Waals surface area contributed by atoms with Crippen LogP contribution in [-0.2, 0) is 0 Å². The maximum atomic E-state index is 14.0. The van der Waals surface area contributed by atoms with Gasteiger partial charge in [0.1, 0.15) is 18.0 Å². The quantitative estimate of drug-likeness (QED) is 0.850. The highest BCUT2D eigenvalue weighted by Crippen LogP contribution is 2.38. The second-order valence-corrected chi connectivity index (χ2v) is 7.74. The highest BCUT2D eigenvalue weighted by molar-refractivity contribution is 5.96. The predicted molar refractivity (Wildman–Crippen MR) is 107 cm³/mol. The number of carboxylic acid groups (broad SMARTS) is 1. The molecule has 1 saturated heterocycles. The van der Waals surface area contributed by atoms with E-state index in [1.807, 2.05) is 11.0 Å². The Kier molecular flexibility index (Phi) is 4.90. The third-order valence-corrected chi connectivity index (χ3v) is 5.59. The van der Waals surface area contributed by atoms with E-state index in [0.717, 1.165) is 11.4 Å². The lowest BCUT2D eigenvalue weighted by Crippen LogP contribution is -2.43. The zero-order chi connectivity index (χ0) is 20.6. The molecule has 2 heterocycles. The van der Waals surface area contributed by atoms with Crippen LogP contribution in [0.5, 0.6) is 5.75 Å². The fourth-order valence-corrected chi connectivity index (χ4v) is 3.76. The molecular formula is C22H23FN2O4. The number of anilines is 2. The van der Waals surface area contributed by atoms with E-state index < -0.39 is 11.6 Å². The number of carbonyl (C=O) groups excluding carboxylic acids is 1. The number of carbonyl (C=O) groups is 2. The molecule has 0 atom stereocenters. The highest BCUT2D eigenvalue weighted by Gasteiger charge is 2.32. The van der Waals surface area contributed by atoms with Crippen LogP contribution in [-0.4, -0.2) is 53.8 Å². The number of ether oxygens (including phenoxy) is 1. The number of fused-ring (bicyclic) bond motifs is 1. The third kappa shape index (κ3) is 3.90. The summed E-state index contributed by atoms with van der Waals surface area (Å²) in [6.07, 6.45) is 0.695. The SMILES string of the molecule is CC1(F)CCN(C(=O)c2ccc3c(c2)OCCN3c2ccc(C(=O)O)cc2)CC1. The summed E-state index contributed by atoms with van der Waals surface area (Å²) in [6, 6.07) is 12.0. The van der Waals surface area contributed by atoms with Gasteiger partial charge >= 0.3 is 5.97 Å². The number of hydrogen-bond acceptors (Lipinski definition) is 4. The number of benzene rings is 2. The lowest BCUT2D eigenvalue weighted by molar-refractivity contribution is 0.0503. The summed E-state index contributed by atoms with van der Waals surface area (Å²) in [5.41, 5.74) is 1.23. The van der Waals surface area contributed by atoms with Gasteiger partial charge in [0.2, 0.25) is 0 Å². The van der Waals surface area contributed by atoms with E-state index >= 15 is 0 Å². The Morgan fingerprint density at radius 2 is 1.69 bits per heavy atom. The first-order chi connectivity index (χ1) is 13.8. The van der Waals surface area contributed by atoms with Crippen LogP contribution in [0.25, 0.3) is 0 Å². The van der Waals surface area contributed by atoms with Gasteiger partial charge in [0.05, 0.1) is 17.8 Å². The minimum Gasteiger partial charge on any atom is -0.490 e. The number of likely N-dealkylation sites (tertiary alicyclic amines) is 1. The Bertz CT molecular complexity index is 932. The third-order valence-electron chi connectivity index (χ3n) is 5.59. The summed E-state index contributed by atoms with van der Waals surface area (Å²) < 4.78 is 19.8. The van der Waals surface area contributed by atoms with Crippen molar-refractivity contribution in [3.63, 3.8) is 0 Å². The number of alkyl halides is 1. The minimum absolute atomic E-state index is 0.116. The van der Waals surface area contributed by atoms with Crippen molar-refractivity contribution in [2.24, 2.45) is 0 Å². The zero-order valence-electron chi connectivity index (χ0n) is 16.2. The smallest absolute Gasteiger partial charge is 0.335 e. The standard InChI is InChI=1S/C22H23FN2O4/c1-22(23)8-10-24(11-9-22)20(26)16-4-7-18-19(14-16)29-13-12-25(18)17-5-2-15(3-6-17)21(27)28/h2-7,14H,8-13H2,1H3,(H,27,28). The highest BCUT2D eigenvalue weighted by atomic mass is 19.1. The molecule has 7 heteroatoms. The van der Waals surface area contributed by atoms with E-state index in [1.165, 1.54) is 0 Å². The predicted octanol–water partition coefficient (Wildman–Crippen LogP) is 3.88. The molecule has 0 spiro atoms. The largest absolute Gasteiger partial charge is 0.490 e. The van der Waals surface area contributed by atoms with Crippen LogP contribution in [0, 0.1) is 0 Å². The van der Waals surface area contributed by atoms with Gasteiger partial charge in [0.25, 0.3) is 5.91 Å². The van der Waals surface area contributed by atoms with E-state index in [2.05, 4.69) is 0 Å². The first kappa shape index (κ1) is 19.2. The lowest BCUT2D eigenvalue weighted by atomic mass is 9.95. The monoisotopic (exact) mass is 398 g/mol. The van der Waals surface area contributed by atoms with Gasteiger partial charge in [-0.05, 0) is 62.2 Å². The number of nitrogens with zero attached hydrogens (tertiary/aromatic N) is 2. The van der Waals surface area contributed by atoms with Crippen molar-refractivity contribution in [1.29, 1.82) is 0 Å². The number of halogens is 1. The summed E-state index contributed by atoms with van der Waals surface area (Å²) in [5.74, 6) is -0.473. The van der Waals surface area contributed by atoms with Crippen LogP contribution < -0.4 is 9.64 Å². The van der Waals surface area contributed by atoms with Gasteiger partial charge in [-0.15, -0.1) is 0 Å². The zero-order valence-corrected chi connectivity index (χ0v) is 16.2. The van der Waals surface area contributed by atoms with Gasteiger partial charge in [0.15, 0.2) is 0 Å². The van der Waals surface area contributed by atoms with E-state index in [4.69, 9.17) is 9.84 Å². The van der Waals surface area contributed by atoms with Crippen LogP contribution in [0.4, 0.5) is 15.8 Å². The van der Waals surface area contributed by atoms with E-state index in [-0.39, 0.29) is 11.5 Å². The van der Waals surface area contributed by atoms with Crippen molar-refractivity contribution in [2.75, 3.05) is 31.1 Å². The van der Waals surface area contributed by atoms with Crippen molar-refractivity contribution in [1.82, 2.24) is 4.90 Å². The van der Waals surface area contributed by atoms with Gasteiger partial charge < -0.3 is 19.6 Å². The molecule has 2 aromatic rings. The van der Waals surface area contributed by atoms with E-state index in [0.29, 0.717) is 50.4 Å². The van der Waals surface area contributed by atoms with E-state index in [1.54, 1.807) is 48.2 Å². The maximum Gasteiger partial charge on any atom is 0.335 e. The van der Waals surface area contributed by atoms with Crippen LogP contribution in [0.2, 0.25) is 0 Å². The van der Waals surface area contributed by atoms with Gasteiger partial charge in [-0.1, -0.05) is 0 Å². The lowest BCUT2D eigenvalue weighted by Gasteiger charge is -2.35. The molecule has 1 amide bonds. The Morgan fingerprint density at radius 3 is 2.34 bits per heavy atom. The molecule has 2 aromatic carbocycles. The molecular weight excluding hydrogens is 375 g/mol. The molecule has 0 radical (unpaired) electrons. The molecule has 1 N–H and O–H groups in total. The summed E-state index contributed by atoms with van der Waals surface area (Å²) in [4.78, 5) is 27.6. The Labute approximate surface area is 168 Å². The second-order valence-electron chi connectivity index (χ2n) is 7.74. The van der Waals surface area contributed by atoms with Crippen molar-refractivity contribution < 1.29 is 23.8 Å². The fourth-order valence-electron chi connectivity index (χ4n) is 3.76. The molecule has 0 saturated carbocycles. The first-order valence-corrected chi connectivity index (χ1v) is 9.70. The first-order valence-electron chi connectivity index (χ1n) is 9.70. The number of piperidine rings is 1. The summed E-state index contributed by atoms with van der Waals surface area (Å²) in [6.45, 7) is 3.47. The van der Waals surface area contributed by atoms with E-state index in [9.17, 15) is 14.0 Å². The van der Waals surface area contributed by atoms with Crippen LogP contribution >= 0.6 is 0 Å². The molecule has 152 valence electrons. The van der Waals surface area contributed by atoms with Gasteiger partial charge in [-0.25, -0.2) is 9.18 Å². The number of rotatable bonds is 3. The van der Waals surface area contributed by atoms with Crippen LogP contribution in [0.3, 0.4) is 0 Å². The number of amides is 1. The average molecular weight is 398 g/mol. The summed E-state index contributed by atoms with van der Waals surface area (Å²) in [7, 11) is 0. The van der Waals surface area contributed by atoms with Crippen LogP contribution in [0.1, 0.15) is 40.5 Å². The number of aromatic carboxylic acids is 1. The molecule has 1 fully saturated rings. The Balaban J connectivity index is 1.55. The minimum atomic E-state index is -1.20. The average Bonchev–Trinajstić information content (AvgIpc) is 2.72. The molecule has 0 aromatic heterocycles. The topological polar surface area (TPSA) is 70.1 Å². The molecule has 4 rings (SSSR count). The second kappa shape index (κ2) is 7.39. The van der Waals surface area contributed by atoms with Crippen LogP contribution in [0.15, 0.2) is 42.5 Å². The normalized spacial score (nSPS) is 18.0. The number of hydrogen-bond donors (Lipinski definition) is 1. The molecule has 0 unspecified atom stereocenters. The van der Waals surface area contributed by atoms with Gasteiger partial charge in [-0.2, -0.15) is 0 Å². The van der Waals surface area contributed by atoms with Crippen molar-refractivity contribution >= 4 is 23.3 Å². The molecule has 6 nitrogen and oxygen atoms in total. The molecule has 29 heavy (non-hydrogen) atoms. The fraction of sp³-hybridized carbons (Fsp3) is 0.364. The molecule has 0 aliphatic carbocycles. The number of carboxylic acids is 1. The summed E-state index contributed by atoms with van der Waals surface area (Å²) in [5, 5.41) is 9.07. The molecule has 0 bridgehead atoms. The molecule has 2 aliphatic heterocycles. The summed E-state index contributed by atoms with van der Waals surface area (Å²) >= 11 is 0. The van der Waals surface area contributed by atoms with Crippen molar-refractivity contribution in [3.8, 4) is 5.75 Å². The van der Waals surface area contributed by atoms with Gasteiger partial charge in [0, 0.05) is 24.3 Å². The Morgan fingerprint density at radius 1 is 1.03 bits per heavy atom. The maximum absolute atomic E-state index is 14.0. The molecule has 2 aliphatic rings. The van der Waals surface area contributed by atoms with Crippen molar-refractivity contribution in [3.05, 3.63) is 53.6 Å². The van der Waals surface area contributed by atoms with Crippen molar-refractivity contribution in [2.45, 2.75) is 25.4 Å².